The Hall–Kier alpha value is -5.30. The summed E-state index contributed by atoms with van der Waals surface area (Å²) in [5.74, 6) is -1.99. The second-order valence-corrected chi connectivity index (χ2v) is 8.43. The van der Waals surface area contributed by atoms with Crippen LogP contribution in [0.3, 0.4) is 0 Å². The highest BCUT2D eigenvalue weighted by Crippen LogP contribution is 2.39. The lowest BCUT2D eigenvalue weighted by Gasteiger charge is -2.27. The van der Waals surface area contributed by atoms with Gasteiger partial charge in [0.15, 0.2) is 11.5 Å². The normalized spacial score (nSPS) is 14.3. The SMILES string of the molecule is COc1cc(/C=C2\C(=O)NC(=O)N(c3cccc(Cl)c3C)C2=O)ccc1Oc1ccc([N+](=O)[O-])cc1[N+](=O)[O-]. The lowest BCUT2D eigenvalue weighted by Crippen LogP contribution is -2.54. The van der Waals surface area contributed by atoms with Gasteiger partial charge in [0, 0.05) is 11.1 Å². The minimum Gasteiger partial charge on any atom is -0.493 e. The number of amides is 4. The molecule has 198 valence electrons. The fourth-order valence-corrected chi connectivity index (χ4v) is 3.88. The molecular formula is C25H17ClN4O9. The van der Waals surface area contributed by atoms with Crippen LogP contribution >= 0.6 is 11.6 Å². The van der Waals surface area contributed by atoms with E-state index in [0.29, 0.717) is 16.1 Å². The monoisotopic (exact) mass is 552 g/mol. The molecule has 0 radical (unpaired) electrons. The molecule has 3 aromatic carbocycles. The van der Waals surface area contributed by atoms with Gasteiger partial charge < -0.3 is 9.47 Å². The van der Waals surface area contributed by atoms with Crippen LogP contribution in [0.15, 0.2) is 60.2 Å². The van der Waals surface area contributed by atoms with Crippen molar-refractivity contribution in [3.05, 3.63) is 96.5 Å². The predicted octanol–water partition coefficient (Wildman–Crippen LogP) is 4.93. The average molecular weight is 553 g/mol. The number of hydrogen-bond acceptors (Lipinski definition) is 9. The van der Waals surface area contributed by atoms with Gasteiger partial charge in [-0.3, -0.25) is 35.1 Å². The number of imide groups is 2. The summed E-state index contributed by atoms with van der Waals surface area (Å²) in [6.07, 6.45) is 1.23. The van der Waals surface area contributed by atoms with Gasteiger partial charge in [-0.2, -0.15) is 0 Å². The number of rotatable bonds is 7. The number of carbonyl (C=O) groups excluding carboxylic acids is 3. The Labute approximate surface area is 224 Å². The largest absolute Gasteiger partial charge is 0.493 e. The van der Waals surface area contributed by atoms with E-state index >= 15 is 0 Å². The number of halogens is 1. The van der Waals surface area contributed by atoms with Crippen LogP contribution in [0.4, 0.5) is 21.9 Å². The molecule has 0 aromatic heterocycles. The zero-order chi connectivity index (χ0) is 28.4. The van der Waals surface area contributed by atoms with E-state index in [0.717, 1.165) is 23.1 Å². The molecule has 14 heteroatoms. The first-order valence-electron chi connectivity index (χ1n) is 11.0. The number of urea groups is 1. The van der Waals surface area contributed by atoms with Crippen LogP contribution in [-0.2, 0) is 9.59 Å². The molecule has 0 bridgehead atoms. The van der Waals surface area contributed by atoms with Crippen LogP contribution < -0.4 is 19.7 Å². The van der Waals surface area contributed by atoms with E-state index in [1.807, 2.05) is 0 Å². The Bertz CT molecular complexity index is 1600. The van der Waals surface area contributed by atoms with Gasteiger partial charge in [0.05, 0.1) is 28.7 Å². The Balaban J connectivity index is 1.69. The number of benzene rings is 3. The summed E-state index contributed by atoms with van der Waals surface area (Å²) in [6.45, 7) is 1.62. The first-order valence-corrected chi connectivity index (χ1v) is 11.3. The maximum atomic E-state index is 13.2. The fraction of sp³-hybridized carbons (Fsp3) is 0.0800. The van der Waals surface area contributed by atoms with Crippen molar-refractivity contribution in [1.29, 1.82) is 0 Å². The van der Waals surface area contributed by atoms with E-state index in [-0.39, 0.29) is 28.5 Å². The summed E-state index contributed by atoms with van der Waals surface area (Å²) in [5.41, 5.74) is -0.514. The molecule has 1 N–H and O–H groups in total. The van der Waals surface area contributed by atoms with Gasteiger partial charge in [-0.15, -0.1) is 0 Å². The molecule has 0 unspecified atom stereocenters. The van der Waals surface area contributed by atoms with Crippen LogP contribution in [0.25, 0.3) is 6.08 Å². The van der Waals surface area contributed by atoms with E-state index < -0.39 is 39.1 Å². The van der Waals surface area contributed by atoms with Crippen molar-refractivity contribution < 1.29 is 33.7 Å². The van der Waals surface area contributed by atoms with E-state index in [4.69, 9.17) is 21.1 Å². The Morgan fingerprint density at radius 2 is 1.67 bits per heavy atom. The second kappa shape index (κ2) is 10.6. The van der Waals surface area contributed by atoms with E-state index in [1.54, 1.807) is 19.1 Å². The summed E-state index contributed by atoms with van der Waals surface area (Å²) < 4.78 is 10.9. The van der Waals surface area contributed by atoms with E-state index in [2.05, 4.69) is 5.32 Å². The maximum Gasteiger partial charge on any atom is 0.335 e. The number of nitro groups is 2. The van der Waals surface area contributed by atoms with Crippen molar-refractivity contribution >= 4 is 52.6 Å². The first kappa shape index (κ1) is 26.8. The maximum absolute atomic E-state index is 13.2. The first-order chi connectivity index (χ1) is 18.5. The number of nitrogens with one attached hydrogen (secondary N) is 1. The minimum absolute atomic E-state index is 0.0161. The molecule has 13 nitrogen and oxygen atoms in total. The number of non-ortho nitro benzene ring substituents is 1. The van der Waals surface area contributed by atoms with Crippen molar-refractivity contribution in [1.82, 2.24) is 5.32 Å². The molecule has 0 aliphatic carbocycles. The zero-order valence-electron chi connectivity index (χ0n) is 20.2. The Morgan fingerprint density at radius 3 is 2.33 bits per heavy atom. The topological polar surface area (TPSA) is 171 Å². The number of hydrogen-bond donors (Lipinski definition) is 1. The third-order valence-electron chi connectivity index (χ3n) is 5.65. The molecule has 0 spiro atoms. The molecule has 1 fully saturated rings. The molecule has 39 heavy (non-hydrogen) atoms. The van der Waals surface area contributed by atoms with Crippen LogP contribution in [-0.4, -0.2) is 34.8 Å². The summed E-state index contributed by atoms with van der Waals surface area (Å²) in [5, 5.41) is 24.9. The van der Waals surface area contributed by atoms with Crippen LogP contribution in [0.1, 0.15) is 11.1 Å². The van der Waals surface area contributed by atoms with Gasteiger partial charge in [-0.1, -0.05) is 23.7 Å². The zero-order valence-corrected chi connectivity index (χ0v) is 20.9. The van der Waals surface area contributed by atoms with Gasteiger partial charge >= 0.3 is 11.7 Å². The number of barbiturate groups is 1. The Morgan fingerprint density at radius 1 is 0.949 bits per heavy atom. The van der Waals surface area contributed by atoms with Crippen molar-refractivity contribution in [2.45, 2.75) is 6.92 Å². The summed E-state index contributed by atoms with van der Waals surface area (Å²) in [6, 6.07) is 10.8. The summed E-state index contributed by atoms with van der Waals surface area (Å²) >= 11 is 6.13. The summed E-state index contributed by atoms with van der Waals surface area (Å²) in [7, 11) is 1.30. The lowest BCUT2D eigenvalue weighted by atomic mass is 10.1. The molecule has 0 atom stereocenters. The highest BCUT2D eigenvalue weighted by atomic mass is 35.5. The fourth-order valence-electron chi connectivity index (χ4n) is 3.71. The van der Waals surface area contributed by atoms with Crippen LogP contribution in [0, 0.1) is 27.2 Å². The molecular weight excluding hydrogens is 536 g/mol. The number of ether oxygens (including phenoxy) is 2. The molecule has 1 heterocycles. The molecule has 1 aliphatic rings. The second-order valence-electron chi connectivity index (χ2n) is 8.02. The highest BCUT2D eigenvalue weighted by Gasteiger charge is 2.37. The van der Waals surface area contributed by atoms with Crippen molar-refractivity contribution in [3.8, 4) is 17.2 Å². The number of anilines is 1. The average Bonchev–Trinajstić information content (AvgIpc) is 2.89. The van der Waals surface area contributed by atoms with Gasteiger partial charge in [0.2, 0.25) is 5.75 Å². The minimum atomic E-state index is -0.932. The molecule has 3 aromatic rings. The Kier molecular flexibility index (Phi) is 7.27. The number of methoxy groups -OCH3 is 1. The van der Waals surface area contributed by atoms with Crippen LogP contribution in [0.2, 0.25) is 5.02 Å². The number of carbonyl (C=O) groups is 3. The van der Waals surface area contributed by atoms with Crippen LogP contribution in [0.5, 0.6) is 17.2 Å². The highest BCUT2D eigenvalue weighted by molar-refractivity contribution is 6.40. The molecule has 4 amide bonds. The van der Waals surface area contributed by atoms with Gasteiger partial charge in [0.1, 0.15) is 5.57 Å². The molecule has 1 saturated heterocycles. The smallest absolute Gasteiger partial charge is 0.335 e. The number of nitrogens with zero attached hydrogens (tertiary/aromatic N) is 3. The van der Waals surface area contributed by atoms with Crippen molar-refractivity contribution in [2.24, 2.45) is 0 Å². The van der Waals surface area contributed by atoms with E-state index in [1.165, 1.54) is 37.5 Å². The van der Waals surface area contributed by atoms with Crippen molar-refractivity contribution in [3.63, 3.8) is 0 Å². The lowest BCUT2D eigenvalue weighted by molar-refractivity contribution is -0.394. The third kappa shape index (κ3) is 5.24. The third-order valence-corrected chi connectivity index (χ3v) is 6.06. The molecule has 1 aliphatic heterocycles. The summed E-state index contributed by atoms with van der Waals surface area (Å²) in [4.78, 5) is 59.9. The molecule has 4 rings (SSSR count). The van der Waals surface area contributed by atoms with Crippen molar-refractivity contribution in [2.75, 3.05) is 12.0 Å². The predicted molar refractivity (Wildman–Crippen MR) is 138 cm³/mol. The van der Waals surface area contributed by atoms with Gasteiger partial charge in [-0.05, 0) is 54.5 Å². The van der Waals surface area contributed by atoms with Gasteiger partial charge in [-0.25, -0.2) is 9.69 Å². The molecule has 0 saturated carbocycles. The van der Waals surface area contributed by atoms with E-state index in [9.17, 15) is 34.6 Å². The number of nitro benzene ring substituents is 2. The standard InChI is InChI=1S/C25H17ClN4O9/c1-13-17(26)4-3-5-18(13)28-24(32)16(23(31)27-25(28)33)10-14-6-8-21(22(11-14)38-2)39-20-9-7-15(29(34)35)12-19(20)30(36)37/h3-12H,1-2H3,(H,27,31,33)/b16-10+. The van der Waals surface area contributed by atoms with Gasteiger partial charge in [0.25, 0.3) is 17.5 Å². The quantitative estimate of drug-likeness (QED) is 0.184.